The molecule has 4 fully saturated rings. The predicted molar refractivity (Wildman–Crippen MR) is 199 cm³/mol. The highest BCUT2D eigenvalue weighted by atomic mass is 16.5. The molecule has 4 aliphatic rings. The van der Waals surface area contributed by atoms with E-state index in [0.29, 0.717) is 18.5 Å². The molecule has 1 aromatic carbocycles. The van der Waals surface area contributed by atoms with Crippen molar-refractivity contribution in [1.82, 2.24) is 31.1 Å². The fourth-order valence-electron chi connectivity index (χ4n) is 8.46. The zero-order valence-corrected chi connectivity index (χ0v) is 32.7. The molecule has 5 rings (SSSR count). The first kappa shape index (κ1) is 40.7. The van der Waals surface area contributed by atoms with Crippen molar-refractivity contribution in [1.29, 1.82) is 0 Å². The summed E-state index contributed by atoms with van der Waals surface area (Å²) in [6.07, 6.45) is 4.43. The maximum Gasteiger partial charge on any atom is 0.407 e. The van der Waals surface area contributed by atoms with Gasteiger partial charge in [0, 0.05) is 20.6 Å². The largest absolute Gasteiger partial charge is 0.449 e. The molecular weight excluding hydrogens is 692 g/mol. The molecule has 0 aromatic heterocycles. The lowest BCUT2D eigenvalue weighted by Crippen LogP contribution is -2.60. The van der Waals surface area contributed by atoms with E-state index in [1.165, 1.54) is 4.90 Å². The van der Waals surface area contributed by atoms with Crippen molar-refractivity contribution in [3.8, 4) is 0 Å². The fraction of sp³-hybridized carbons (Fsp3) is 0.675. The highest BCUT2D eigenvalue weighted by Crippen LogP contribution is 2.65. The molecule has 1 aliphatic heterocycles. The van der Waals surface area contributed by atoms with Crippen LogP contribution in [-0.4, -0.2) is 103 Å². The van der Waals surface area contributed by atoms with E-state index >= 15 is 0 Å². The minimum atomic E-state index is -1.15. The van der Waals surface area contributed by atoms with E-state index in [1.807, 2.05) is 20.8 Å². The summed E-state index contributed by atoms with van der Waals surface area (Å²) in [6, 6.07) is 4.79. The molecule has 3 saturated carbocycles. The Morgan fingerprint density at radius 1 is 0.926 bits per heavy atom. The van der Waals surface area contributed by atoms with Crippen LogP contribution in [0.2, 0.25) is 0 Å². The van der Waals surface area contributed by atoms with E-state index in [-0.39, 0.29) is 59.3 Å². The summed E-state index contributed by atoms with van der Waals surface area (Å²) in [5.41, 5.74) is 0.343. The quantitative estimate of drug-likeness (QED) is 0.197. The molecule has 14 heteroatoms. The number of alkyl carbamates (subject to hydrolysis) is 1. The van der Waals surface area contributed by atoms with Crippen molar-refractivity contribution in [2.24, 2.45) is 40.9 Å². The molecule has 4 N–H and O–H groups in total. The molecule has 6 amide bonds. The number of Topliss-reactive ketones (excluding diaryl/α,β-unsaturated/α-hetero) is 1. The lowest BCUT2D eigenvalue weighted by atomic mass is 9.83. The molecule has 8 atom stereocenters. The molecule has 54 heavy (non-hydrogen) atoms. The third-order valence-electron chi connectivity index (χ3n) is 11.9. The van der Waals surface area contributed by atoms with Gasteiger partial charge in [0.2, 0.25) is 29.4 Å². The number of hydrogen-bond donors (Lipinski definition) is 4. The molecule has 14 nitrogen and oxygen atoms in total. The van der Waals surface area contributed by atoms with Gasteiger partial charge in [-0.15, -0.1) is 0 Å². The van der Waals surface area contributed by atoms with Crippen molar-refractivity contribution in [2.45, 2.75) is 97.3 Å². The molecule has 0 bridgehead atoms. The van der Waals surface area contributed by atoms with Crippen LogP contribution in [0.4, 0.5) is 4.79 Å². The number of carbonyl (C=O) groups is 7. The second-order valence-electron chi connectivity index (χ2n) is 17.0. The Balaban J connectivity index is 1.27. The lowest BCUT2D eigenvalue weighted by molar-refractivity contribution is -0.145. The highest BCUT2D eigenvalue weighted by molar-refractivity contribution is 6.38. The third-order valence-corrected chi connectivity index (χ3v) is 11.9. The number of amides is 6. The molecule has 4 unspecified atom stereocenters. The molecule has 1 heterocycles. The first-order valence-electron chi connectivity index (χ1n) is 19.4. The minimum absolute atomic E-state index is 0.0620. The topological polar surface area (TPSA) is 183 Å². The molecule has 0 radical (unpaired) electrons. The fourth-order valence-corrected chi connectivity index (χ4v) is 8.46. The minimum Gasteiger partial charge on any atom is -0.449 e. The smallest absolute Gasteiger partial charge is 0.407 e. The summed E-state index contributed by atoms with van der Waals surface area (Å²) >= 11 is 0. The number of fused-ring (bicyclic) bond motifs is 1. The number of carbonyl (C=O) groups excluding carboxylic acids is 7. The molecule has 3 aliphatic carbocycles. The number of benzene rings is 1. The maximum absolute atomic E-state index is 14.4. The first-order chi connectivity index (χ1) is 25.5. The summed E-state index contributed by atoms with van der Waals surface area (Å²) in [6.45, 7) is 9.89. The molecule has 296 valence electrons. The third kappa shape index (κ3) is 9.23. The number of hydrogen-bond acceptors (Lipinski definition) is 8. The van der Waals surface area contributed by atoms with E-state index in [1.54, 1.807) is 49.3 Å². The highest BCUT2D eigenvalue weighted by Gasteiger charge is 2.70. The Morgan fingerprint density at radius 3 is 2.17 bits per heavy atom. The second-order valence-corrected chi connectivity index (χ2v) is 17.0. The number of nitrogens with zero attached hydrogens (tertiary/aromatic N) is 2. The first-order valence-corrected chi connectivity index (χ1v) is 19.4. The monoisotopic (exact) mass is 750 g/mol. The SMILES string of the molecule is CC(C)COC(=O)N[C@H](C(=O)N1CC2[C@@H]([C@H]1C(=O)NC(C(=O)C(=O)NCC(=O)N[C@H](C(=O)N(C)C)c1ccccc1)C1CC1C)C2(C)C)C1CCCCC1. The van der Waals surface area contributed by atoms with Gasteiger partial charge in [0.05, 0.1) is 13.2 Å². The van der Waals surface area contributed by atoms with Crippen LogP contribution in [0.1, 0.15) is 84.7 Å². The molecule has 1 saturated heterocycles. The van der Waals surface area contributed by atoms with E-state index < -0.39 is 60.3 Å². The summed E-state index contributed by atoms with van der Waals surface area (Å²) in [7, 11) is 3.14. The molecule has 1 aromatic rings. The van der Waals surface area contributed by atoms with Crippen molar-refractivity contribution < 1.29 is 38.3 Å². The van der Waals surface area contributed by atoms with Gasteiger partial charge >= 0.3 is 6.09 Å². The van der Waals surface area contributed by atoms with Crippen LogP contribution in [0.25, 0.3) is 0 Å². The predicted octanol–water partition coefficient (Wildman–Crippen LogP) is 2.57. The standard InChI is InChI=1S/C40H58N6O8/c1-22(2)21-54-39(53)44-31(25-16-12-9-13-17-25)38(52)46-20-27-29(40(27,4)5)33(46)35(49)43-32(26-18-23(26)3)34(48)36(50)41-19-28(47)42-30(37(51)45(6)7)24-14-10-8-11-15-24/h8,10-11,14-15,22-23,25-27,29-33H,9,12-13,16-21H2,1-7H3,(H,41,50)(H,42,47)(H,43,49)(H,44,53)/t23?,26?,27?,29-,30-,31-,32?,33-/m0/s1. The van der Waals surface area contributed by atoms with Crippen LogP contribution in [0, 0.1) is 40.9 Å². The Bertz CT molecular complexity index is 1590. The van der Waals surface area contributed by atoms with E-state index in [0.717, 1.165) is 32.1 Å². The molecular formula is C40H58N6O8. The lowest BCUT2D eigenvalue weighted by Gasteiger charge is -2.37. The van der Waals surface area contributed by atoms with Crippen molar-refractivity contribution in [3.63, 3.8) is 0 Å². The number of nitrogens with one attached hydrogen (secondary N) is 4. The van der Waals surface area contributed by atoms with Crippen LogP contribution in [-0.2, 0) is 33.5 Å². The van der Waals surface area contributed by atoms with Gasteiger partial charge in [-0.2, -0.15) is 0 Å². The van der Waals surface area contributed by atoms with Gasteiger partial charge in [-0.25, -0.2) is 4.79 Å². The van der Waals surface area contributed by atoms with E-state index in [9.17, 15) is 33.6 Å². The van der Waals surface area contributed by atoms with Crippen molar-refractivity contribution in [3.05, 3.63) is 35.9 Å². The van der Waals surface area contributed by atoms with Gasteiger partial charge in [0.15, 0.2) is 0 Å². The van der Waals surface area contributed by atoms with Gasteiger partial charge < -0.3 is 35.8 Å². The normalized spacial score (nSPS) is 25.6. The second kappa shape index (κ2) is 16.9. The summed E-state index contributed by atoms with van der Waals surface area (Å²) < 4.78 is 5.40. The van der Waals surface area contributed by atoms with E-state index in [4.69, 9.17) is 4.74 Å². The average Bonchev–Trinajstić information content (AvgIpc) is 3.92. The van der Waals surface area contributed by atoms with Crippen LogP contribution in [0.5, 0.6) is 0 Å². The Labute approximate surface area is 318 Å². The zero-order valence-electron chi connectivity index (χ0n) is 32.7. The Hall–Kier alpha value is -4.49. The van der Waals surface area contributed by atoms with Crippen LogP contribution >= 0.6 is 0 Å². The van der Waals surface area contributed by atoms with Crippen LogP contribution in [0.15, 0.2) is 30.3 Å². The molecule has 0 spiro atoms. The Kier molecular flexibility index (Phi) is 12.7. The summed E-state index contributed by atoms with van der Waals surface area (Å²) in [5, 5.41) is 10.7. The van der Waals surface area contributed by atoms with Gasteiger partial charge in [0.1, 0.15) is 24.2 Å². The number of piperidine rings is 1. The number of ketones is 1. The maximum atomic E-state index is 14.4. The number of ether oxygens (including phenoxy) is 1. The summed E-state index contributed by atoms with van der Waals surface area (Å²) in [5.74, 6) is -4.09. The van der Waals surface area contributed by atoms with Gasteiger partial charge in [-0.3, -0.25) is 28.8 Å². The van der Waals surface area contributed by atoms with Crippen molar-refractivity contribution in [2.75, 3.05) is 33.8 Å². The van der Waals surface area contributed by atoms with E-state index in [2.05, 4.69) is 35.1 Å². The van der Waals surface area contributed by atoms with Gasteiger partial charge in [0.25, 0.3) is 5.91 Å². The zero-order chi connectivity index (χ0) is 39.5. The summed E-state index contributed by atoms with van der Waals surface area (Å²) in [4.78, 5) is 97.3. The number of likely N-dealkylation sites (N-methyl/N-ethyl adjacent to an activating group) is 1. The van der Waals surface area contributed by atoms with Crippen LogP contribution < -0.4 is 21.3 Å². The average molecular weight is 751 g/mol. The van der Waals surface area contributed by atoms with Crippen molar-refractivity contribution >= 4 is 41.4 Å². The Morgan fingerprint density at radius 2 is 1.57 bits per heavy atom. The van der Waals surface area contributed by atoms with Gasteiger partial charge in [-0.05, 0) is 65.7 Å². The van der Waals surface area contributed by atoms with Gasteiger partial charge in [-0.1, -0.05) is 84.2 Å². The van der Waals surface area contributed by atoms with Crippen LogP contribution in [0.3, 0.4) is 0 Å². The number of rotatable bonds is 15. The number of likely N-dealkylation sites (tertiary alicyclic amines) is 1.